The highest BCUT2D eigenvalue weighted by Crippen LogP contribution is 2.07. The van der Waals surface area contributed by atoms with Crippen LogP contribution >= 0.6 is 0 Å². The summed E-state index contributed by atoms with van der Waals surface area (Å²) in [6.45, 7) is 3.27. The van der Waals surface area contributed by atoms with Gasteiger partial charge in [-0.2, -0.15) is 0 Å². The average Bonchev–Trinajstić information content (AvgIpc) is 2.94. The maximum absolute atomic E-state index is 12.3. The van der Waals surface area contributed by atoms with Crippen molar-refractivity contribution in [2.75, 3.05) is 32.8 Å². The van der Waals surface area contributed by atoms with Gasteiger partial charge in [0.15, 0.2) is 0 Å². The van der Waals surface area contributed by atoms with E-state index in [-0.39, 0.29) is 31.0 Å². The summed E-state index contributed by atoms with van der Waals surface area (Å²) in [5, 5.41) is 2.59. The van der Waals surface area contributed by atoms with E-state index in [1.807, 2.05) is 30.3 Å². The number of rotatable bonds is 7. The summed E-state index contributed by atoms with van der Waals surface area (Å²) in [5.41, 5.74) is 0.982. The number of imide groups is 1. The zero-order chi connectivity index (χ0) is 16.7. The molecular weight excluding hydrogens is 298 g/mol. The quantitative estimate of drug-likeness (QED) is 0.745. The average molecular weight is 319 g/mol. The van der Waals surface area contributed by atoms with E-state index >= 15 is 0 Å². The normalized spacial score (nSPS) is 14.0. The van der Waals surface area contributed by atoms with Crippen molar-refractivity contribution in [2.45, 2.75) is 13.5 Å². The van der Waals surface area contributed by atoms with Crippen LogP contribution in [0.1, 0.15) is 12.5 Å². The Balaban J connectivity index is 2.01. The Morgan fingerprint density at radius 1 is 1.26 bits per heavy atom. The van der Waals surface area contributed by atoms with Crippen LogP contribution in [-0.4, -0.2) is 60.5 Å². The van der Waals surface area contributed by atoms with Crippen molar-refractivity contribution in [1.82, 2.24) is 15.1 Å². The predicted molar refractivity (Wildman–Crippen MR) is 83.5 cm³/mol. The number of carbonyl (C=O) groups excluding carboxylic acids is 3. The molecule has 0 radical (unpaired) electrons. The largest absolute Gasteiger partial charge is 0.465 e. The fraction of sp³-hybridized carbons (Fsp3) is 0.438. The lowest BCUT2D eigenvalue weighted by Crippen LogP contribution is -2.43. The second-order valence-electron chi connectivity index (χ2n) is 5.21. The Kier molecular flexibility index (Phi) is 6.10. The summed E-state index contributed by atoms with van der Waals surface area (Å²) in [6, 6.07) is 9.15. The molecule has 0 aromatic heterocycles. The first-order valence-electron chi connectivity index (χ1n) is 7.60. The minimum Gasteiger partial charge on any atom is -0.465 e. The van der Waals surface area contributed by atoms with Crippen LogP contribution in [0.3, 0.4) is 0 Å². The third kappa shape index (κ3) is 5.07. The van der Waals surface area contributed by atoms with Gasteiger partial charge in [-0.05, 0) is 12.5 Å². The van der Waals surface area contributed by atoms with Crippen LogP contribution in [-0.2, 0) is 20.9 Å². The van der Waals surface area contributed by atoms with E-state index in [9.17, 15) is 14.4 Å². The van der Waals surface area contributed by atoms with Gasteiger partial charge in [0.25, 0.3) is 0 Å². The maximum Gasteiger partial charge on any atom is 0.324 e. The summed E-state index contributed by atoms with van der Waals surface area (Å²) in [6.07, 6.45) is 0. The van der Waals surface area contributed by atoms with Crippen LogP contribution < -0.4 is 5.32 Å². The number of nitrogens with zero attached hydrogens (tertiary/aromatic N) is 2. The Morgan fingerprint density at radius 2 is 2.00 bits per heavy atom. The van der Waals surface area contributed by atoms with Crippen molar-refractivity contribution in [2.24, 2.45) is 0 Å². The van der Waals surface area contributed by atoms with E-state index in [1.54, 1.807) is 11.8 Å². The topological polar surface area (TPSA) is 79.0 Å². The number of hydrogen-bond acceptors (Lipinski definition) is 5. The number of urea groups is 1. The number of amides is 3. The van der Waals surface area contributed by atoms with Gasteiger partial charge in [0.2, 0.25) is 5.91 Å². The van der Waals surface area contributed by atoms with Gasteiger partial charge < -0.3 is 10.1 Å². The second kappa shape index (κ2) is 8.28. The molecule has 1 fully saturated rings. The molecule has 0 saturated carbocycles. The van der Waals surface area contributed by atoms with E-state index in [2.05, 4.69) is 5.32 Å². The maximum atomic E-state index is 12.3. The lowest BCUT2D eigenvalue weighted by molar-refractivity contribution is -0.145. The van der Waals surface area contributed by atoms with Gasteiger partial charge in [-0.25, -0.2) is 4.79 Å². The van der Waals surface area contributed by atoms with Crippen LogP contribution in [0.5, 0.6) is 0 Å². The molecule has 1 aliphatic rings. The lowest BCUT2D eigenvalue weighted by atomic mass is 10.2. The third-order valence-corrected chi connectivity index (χ3v) is 3.42. The smallest absolute Gasteiger partial charge is 0.324 e. The summed E-state index contributed by atoms with van der Waals surface area (Å²) < 4.78 is 4.95. The molecule has 2 rings (SSSR count). The van der Waals surface area contributed by atoms with Crippen LogP contribution in [0.25, 0.3) is 0 Å². The van der Waals surface area contributed by atoms with Crippen molar-refractivity contribution >= 4 is 17.9 Å². The summed E-state index contributed by atoms with van der Waals surface area (Å²) >= 11 is 0. The Hall–Kier alpha value is -2.41. The number of carbonyl (C=O) groups is 3. The van der Waals surface area contributed by atoms with E-state index in [4.69, 9.17) is 4.74 Å². The van der Waals surface area contributed by atoms with Gasteiger partial charge in [-0.3, -0.25) is 19.4 Å². The monoisotopic (exact) mass is 319 g/mol. The molecule has 1 aromatic carbocycles. The summed E-state index contributed by atoms with van der Waals surface area (Å²) in [4.78, 5) is 38.4. The second-order valence-corrected chi connectivity index (χ2v) is 5.21. The standard InChI is InChI=1S/C16H21N3O4/c1-2-23-15(21)12-18(10-13-6-4-3-5-7-13)11-14(20)19-9-8-17-16(19)22/h3-7H,2,8-12H2,1H3,(H,17,22). The molecule has 7 nitrogen and oxygen atoms in total. The number of hydrogen-bond donors (Lipinski definition) is 1. The van der Waals surface area contributed by atoms with Crippen molar-refractivity contribution in [3.05, 3.63) is 35.9 Å². The first kappa shape index (κ1) is 17.0. The molecule has 0 atom stereocenters. The number of benzene rings is 1. The van der Waals surface area contributed by atoms with Gasteiger partial charge >= 0.3 is 12.0 Å². The number of esters is 1. The summed E-state index contributed by atoms with van der Waals surface area (Å²) in [5.74, 6) is -0.706. The van der Waals surface area contributed by atoms with Crippen LogP contribution in [0.15, 0.2) is 30.3 Å². The van der Waals surface area contributed by atoms with E-state index in [0.717, 1.165) is 5.56 Å². The molecule has 23 heavy (non-hydrogen) atoms. The highest BCUT2D eigenvalue weighted by Gasteiger charge is 2.28. The van der Waals surface area contributed by atoms with E-state index in [0.29, 0.717) is 26.2 Å². The molecule has 0 aliphatic carbocycles. The first-order valence-corrected chi connectivity index (χ1v) is 7.60. The minimum atomic E-state index is -0.387. The summed E-state index contributed by atoms with van der Waals surface area (Å²) in [7, 11) is 0. The van der Waals surface area contributed by atoms with Crippen LogP contribution in [0.2, 0.25) is 0 Å². The molecule has 3 amide bonds. The minimum absolute atomic E-state index is 0.00390. The molecule has 0 unspecified atom stereocenters. The van der Waals surface area contributed by atoms with Crippen LogP contribution in [0.4, 0.5) is 4.79 Å². The molecule has 1 saturated heterocycles. The first-order chi connectivity index (χ1) is 11.1. The van der Waals surface area contributed by atoms with Crippen LogP contribution in [0, 0.1) is 0 Å². The molecule has 1 aromatic rings. The van der Waals surface area contributed by atoms with Gasteiger partial charge in [-0.1, -0.05) is 30.3 Å². The number of ether oxygens (including phenoxy) is 1. The van der Waals surface area contributed by atoms with Crippen molar-refractivity contribution in [1.29, 1.82) is 0 Å². The molecule has 1 aliphatic heterocycles. The van der Waals surface area contributed by atoms with Crippen molar-refractivity contribution in [3.63, 3.8) is 0 Å². The molecule has 1 heterocycles. The van der Waals surface area contributed by atoms with Gasteiger partial charge in [-0.15, -0.1) is 0 Å². The molecular formula is C16H21N3O4. The van der Waals surface area contributed by atoms with E-state index < -0.39 is 0 Å². The van der Waals surface area contributed by atoms with Crippen molar-refractivity contribution in [3.8, 4) is 0 Å². The molecule has 0 bridgehead atoms. The molecule has 124 valence electrons. The fourth-order valence-electron chi connectivity index (χ4n) is 2.38. The molecule has 7 heteroatoms. The highest BCUT2D eigenvalue weighted by molar-refractivity contribution is 5.96. The lowest BCUT2D eigenvalue weighted by Gasteiger charge is -2.23. The highest BCUT2D eigenvalue weighted by atomic mass is 16.5. The van der Waals surface area contributed by atoms with Gasteiger partial charge in [0, 0.05) is 19.6 Å². The Bertz CT molecular complexity index is 562. The Labute approximate surface area is 135 Å². The predicted octanol–water partition coefficient (Wildman–Crippen LogP) is 0.604. The van der Waals surface area contributed by atoms with E-state index in [1.165, 1.54) is 4.90 Å². The molecule has 1 N–H and O–H groups in total. The van der Waals surface area contributed by atoms with Crippen molar-refractivity contribution < 1.29 is 19.1 Å². The molecule has 0 spiro atoms. The third-order valence-electron chi connectivity index (χ3n) is 3.42. The van der Waals surface area contributed by atoms with Gasteiger partial charge in [0.1, 0.15) is 0 Å². The zero-order valence-corrected chi connectivity index (χ0v) is 13.2. The van der Waals surface area contributed by atoms with Gasteiger partial charge in [0.05, 0.1) is 19.7 Å². The SMILES string of the molecule is CCOC(=O)CN(CC(=O)N1CCNC1=O)Cc1ccccc1. The number of nitrogens with one attached hydrogen (secondary N) is 1. The fourth-order valence-corrected chi connectivity index (χ4v) is 2.38. The zero-order valence-electron chi connectivity index (χ0n) is 13.2. The Morgan fingerprint density at radius 3 is 2.61 bits per heavy atom.